The second-order valence-corrected chi connectivity index (χ2v) is 5.90. The minimum absolute atomic E-state index is 0.350. The van der Waals surface area contributed by atoms with Crippen LogP contribution in [-0.2, 0) is 14.2 Å². The summed E-state index contributed by atoms with van der Waals surface area (Å²) in [6.45, 7) is 4.39. The van der Waals surface area contributed by atoms with Crippen molar-refractivity contribution in [1.82, 2.24) is 9.97 Å². The lowest BCUT2D eigenvalue weighted by molar-refractivity contribution is 0.0605. The fraction of sp³-hybridized carbons (Fsp3) is 0.533. The van der Waals surface area contributed by atoms with Gasteiger partial charge in [0.25, 0.3) is 0 Å². The number of hydrogen-bond donors (Lipinski definition) is 0. The number of methoxy groups -OCH3 is 3. The van der Waals surface area contributed by atoms with E-state index in [9.17, 15) is 4.79 Å². The molecule has 0 aromatic carbocycles. The topological polar surface area (TPSA) is 73.8 Å². The smallest absolute Gasteiger partial charge is 0.348 e. The van der Waals surface area contributed by atoms with Gasteiger partial charge in [0.05, 0.1) is 25.7 Å². The molecule has 0 aliphatic heterocycles. The summed E-state index contributed by atoms with van der Waals surface area (Å²) in [5.74, 6) is 0.435. The monoisotopic (exact) mass is 339 g/mol. The van der Waals surface area contributed by atoms with Crippen LogP contribution in [0.5, 0.6) is 0 Å². The van der Waals surface area contributed by atoms with Crippen LogP contribution in [0.2, 0.25) is 0 Å². The molecule has 8 heteroatoms. The van der Waals surface area contributed by atoms with Gasteiger partial charge in [0.15, 0.2) is 0 Å². The molecule has 0 aliphatic carbocycles. The third kappa shape index (κ3) is 3.77. The Morgan fingerprint density at radius 2 is 1.83 bits per heavy atom. The van der Waals surface area contributed by atoms with Crippen molar-refractivity contribution in [2.24, 2.45) is 0 Å². The number of ether oxygens (including phenoxy) is 3. The van der Waals surface area contributed by atoms with E-state index in [2.05, 4.69) is 14.9 Å². The Morgan fingerprint density at radius 3 is 2.39 bits per heavy atom. The van der Waals surface area contributed by atoms with Crippen LogP contribution in [0.1, 0.15) is 15.2 Å². The Bertz CT molecular complexity index is 666. The lowest BCUT2D eigenvalue weighted by Crippen LogP contribution is -2.31. The van der Waals surface area contributed by atoms with Gasteiger partial charge in [0.2, 0.25) is 0 Å². The Kier molecular flexibility index (Phi) is 6.26. The van der Waals surface area contributed by atoms with Crippen LogP contribution in [0, 0.1) is 6.92 Å². The molecule has 0 fully saturated rings. The number of carbonyl (C=O) groups excluding carboxylic acids is 1. The van der Waals surface area contributed by atoms with Crippen molar-refractivity contribution in [3.63, 3.8) is 0 Å². The second kappa shape index (κ2) is 8.19. The molecule has 2 aromatic heterocycles. The summed E-state index contributed by atoms with van der Waals surface area (Å²) in [5, 5.41) is 0.880. The van der Waals surface area contributed by atoms with Gasteiger partial charge < -0.3 is 19.1 Å². The van der Waals surface area contributed by atoms with E-state index in [0.29, 0.717) is 31.2 Å². The molecule has 0 spiro atoms. The van der Waals surface area contributed by atoms with E-state index in [4.69, 9.17) is 14.2 Å². The molecule has 2 aromatic rings. The molecule has 0 bridgehead atoms. The number of thiophene rings is 1. The molecule has 0 radical (unpaired) electrons. The minimum atomic E-state index is -0.350. The lowest BCUT2D eigenvalue weighted by Gasteiger charge is -2.23. The van der Waals surface area contributed by atoms with Crippen LogP contribution < -0.4 is 4.90 Å². The number of rotatable bonds is 8. The Balaban J connectivity index is 2.48. The molecule has 23 heavy (non-hydrogen) atoms. The maximum Gasteiger partial charge on any atom is 0.348 e. The summed E-state index contributed by atoms with van der Waals surface area (Å²) < 4.78 is 15.2. The molecule has 0 aliphatic rings. The number of aryl methyl sites for hydroxylation is 1. The fourth-order valence-electron chi connectivity index (χ4n) is 2.31. The SMILES string of the molecule is COCCN(CCOC)c1ncnc2sc(C(=O)OC)c(C)c12. The average molecular weight is 339 g/mol. The van der Waals surface area contributed by atoms with Gasteiger partial charge in [-0.1, -0.05) is 0 Å². The van der Waals surface area contributed by atoms with E-state index in [1.54, 1.807) is 14.2 Å². The minimum Gasteiger partial charge on any atom is -0.465 e. The van der Waals surface area contributed by atoms with E-state index in [1.165, 1.54) is 24.8 Å². The number of hydrogen-bond acceptors (Lipinski definition) is 8. The van der Waals surface area contributed by atoms with Crippen LogP contribution in [0.4, 0.5) is 5.82 Å². The van der Waals surface area contributed by atoms with Crippen molar-refractivity contribution in [3.8, 4) is 0 Å². The third-order valence-electron chi connectivity index (χ3n) is 3.51. The molecular weight excluding hydrogens is 318 g/mol. The van der Waals surface area contributed by atoms with Crippen LogP contribution in [-0.4, -0.2) is 63.6 Å². The van der Waals surface area contributed by atoms with Gasteiger partial charge in [-0.2, -0.15) is 0 Å². The van der Waals surface area contributed by atoms with Crippen molar-refractivity contribution < 1.29 is 19.0 Å². The lowest BCUT2D eigenvalue weighted by atomic mass is 10.2. The normalized spacial score (nSPS) is 11.0. The molecule has 0 unspecified atom stereocenters. The van der Waals surface area contributed by atoms with E-state index >= 15 is 0 Å². The Hall–Kier alpha value is -1.77. The average Bonchev–Trinajstić information content (AvgIpc) is 2.91. The first kappa shape index (κ1) is 17.6. The molecule has 126 valence electrons. The zero-order valence-electron chi connectivity index (χ0n) is 13.8. The Morgan fingerprint density at radius 1 is 1.17 bits per heavy atom. The van der Waals surface area contributed by atoms with Gasteiger partial charge >= 0.3 is 5.97 Å². The van der Waals surface area contributed by atoms with Crippen molar-refractivity contribution in [2.75, 3.05) is 52.5 Å². The standard InChI is InChI=1S/C15H21N3O4S/c1-10-11-13(18(5-7-20-2)6-8-21-3)16-9-17-14(11)23-12(10)15(19)22-4/h9H,5-8H2,1-4H3. The Labute approximate surface area is 139 Å². The largest absolute Gasteiger partial charge is 0.465 e. The summed E-state index contributed by atoms with van der Waals surface area (Å²) in [6.07, 6.45) is 1.52. The number of carbonyl (C=O) groups is 1. The zero-order valence-corrected chi connectivity index (χ0v) is 14.6. The molecule has 0 amide bonds. The van der Waals surface area contributed by atoms with E-state index < -0.39 is 0 Å². The van der Waals surface area contributed by atoms with Gasteiger partial charge in [-0.3, -0.25) is 0 Å². The van der Waals surface area contributed by atoms with E-state index in [-0.39, 0.29) is 5.97 Å². The number of fused-ring (bicyclic) bond motifs is 1. The summed E-state index contributed by atoms with van der Waals surface area (Å²) in [6, 6.07) is 0. The third-order valence-corrected chi connectivity index (χ3v) is 4.69. The summed E-state index contributed by atoms with van der Waals surface area (Å²) in [5.41, 5.74) is 0.840. The summed E-state index contributed by atoms with van der Waals surface area (Å²) in [4.78, 5) is 24.0. The van der Waals surface area contributed by atoms with Crippen LogP contribution in [0.3, 0.4) is 0 Å². The fourth-order valence-corrected chi connectivity index (χ4v) is 3.37. The predicted molar refractivity (Wildman–Crippen MR) is 89.5 cm³/mol. The molecule has 0 saturated carbocycles. The van der Waals surface area contributed by atoms with Gasteiger partial charge in [0, 0.05) is 27.3 Å². The van der Waals surface area contributed by atoms with Gasteiger partial charge in [-0.05, 0) is 12.5 Å². The zero-order chi connectivity index (χ0) is 16.8. The van der Waals surface area contributed by atoms with Crippen LogP contribution >= 0.6 is 11.3 Å². The van der Waals surface area contributed by atoms with Crippen molar-refractivity contribution in [1.29, 1.82) is 0 Å². The molecule has 2 rings (SSSR count). The number of aromatic nitrogens is 2. The molecule has 0 atom stereocenters. The van der Waals surface area contributed by atoms with Crippen molar-refractivity contribution in [2.45, 2.75) is 6.92 Å². The molecule has 2 heterocycles. The summed E-state index contributed by atoms with van der Waals surface area (Å²) >= 11 is 1.32. The number of anilines is 1. The van der Waals surface area contributed by atoms with Gasteiger partial charge in [-0.25, -0.2) is 14.8 Å². The first-order valence-corrected chi connectivity index (χ1v) is 8.00. The highest BCUT2D eigenvalue weighted by Gasteiger charge is 2.22. The highest BCUT2D eigenvalue weighted by atomic mass is 32.1. The first-order valence-electron chi connectivity index (χ1n) is 7.19. The molecule has 0 N–H and O–H groups in total. The molecular formula is C15H21N3O4S. The first-order chi connectivity index (χ1) is 11.1. The maximum absolute atomic E-state index is 11.9. The highest BCUT2D eigenvalue weighted by molar-refractivity contribution is 7.20. The molecule has 0 saturated heterocycles. The van der Waals surface area contributed by atoms with Crippen LogP contribution in [0.15, 0.2) is 6.33 Å². The molecule has 7 nitrogen and oxygen atoms in total. The van der Waals surface area contributed by atoms with E-state index in [0.717, 1.165) is 21.6 Å². The highest BCUT2D eigenvalue weighted by Crippen LogP contribution is 2.35. The summed E-state index contributed by atoms with van der Waals surface area (Å²) in [7, 11) is 4.70. The number of esters is 1. The van der Waals surface area contributed by atoms with Crippen LogP contribution in [0.25, 0.3) is 10.2 Å². The van der Waals surface area contributed by atoms with E-state index in [1.807, 2.05) is 6.92 Å². The van der Waals surface area contributed by atoms with Crippen molar-refractivity contribution in [3.05, 3.63) is 16.8 Å². The van der Waals surface area contributed by atoms with Gasteiger partial charge in [0.1, 0.15) is 21.9 Å². The predicted octanol–water partition coefficient (Wildman–Crippen LogP) is 1.89. The second-order valence-electron chi connectivity index (χ2n) is 4.90. The van der Waals surface area contributed by atoms with Crippen molar-refractivity contribution >= 4 is 33.3 Å². The number of nitrogens with zero attached hydrogens (tertiary/aromatic N) is 3. The quantitative estimate of drug-likeness (QED) is 0.680. The van der Waals surface area contributed by atoms with Gasteiger partial charge in [-0.15, -0.1) is 11.3 Å². The maximum atomic E-state index is 11.9.